The molecule has 0 radical (unpaired) electrons. The van der Waals surface area contributed by atoms with Crippen molar-refractivity contribution in [2.75, 3.05) is 19.7 Å². The Morgan fingerprint density at radius 2 is 1.92 bits per heavy atom. The molecular formula is C19H24BrFIN3O. The average molecular weight is 536 g/mol. The lowest BCUT2D eigenvalue weighted by Crippen LogP contribution is -2.39. The first-order valence-corrected chi connectivity index (χ1v) is 9.04. The van der Waals surface area contributed by atoms with Gasteiger partial charge in [0.25, 0.3) is 0 Å². The molecule has 0 amide bonds. The SMILES string of the molecule is CCNC(=NCc1cc(F)cc(Br)c1)NCC(CO)c1ccccc1.I. The van der Waals surface area contributed by atoms with E-state index in [1.165, 1.54) is 12.1 Å². The zero-order valence-electron chi connectivity index (χ0n) is 14.6. The first kappa shape index (κ1) is 22.9. The molecule has 0 saturated carbocycles. The maximum atomic E-state index is 13.5. The van der Waals surface area contributed by atoms with E-state index in [9.17, 15) is 9.50 Å². The van der Waals surface area contributed by atoms with Gasteiger partial charge in [-0.25, -0.2) is 9.38 Å². The number of hydrogen-bond donors (Lipinski definition) is 3. The second-order valence-corrected chi connectivity index (χ2v) is 6.56. The van der Waals surface area contributed by atoms with Gasteiger partial charge in [-0.15, -0.1) is 24.0 Å². The third kappa shape index (κ3) is 7.59. The Morgan fingerprint density at radius 3 is 2.54 bits per heavy atom. The average Bonchev–Trinajstić information content (AvgIpc) is 2.60. The summed E-state index contributed by atoms with van der Waals surface area (Å²) in [4.78, 5) is 4.49. The number of aliphatic hydroxyl groups excluding tert-OH is 1. The van der Waals surface area contributed by atoms with E-state index in [4.69, 9.17) is 0 Å². The zero-order valence-corrected chi connectivity index (χ0v) is 18.5. The first-order chi connectivity index (χ1) is 12.1. The molecule has 0 aliphatic carbocycles. The van der Waals surface area contributed by atoms with Gasteiger partial charge in [0, 0.05) is 23.5 Å². The van der Waals surface area contributed by atoms with Gasteiger partial charge in [0.15, 0.2) is 5.96 Å². The molecule has 0 aliphatic heterocycles. The fraction of sp³-hybridized carbons (Fsp3) is 0.316. The Morgan fingerprint density at radius 1 is 1.19 bits per heavy atom. The highest BCUT2D eigenvalue weighted by atomic mass is 127. The predicted molar refractivity (Wildman–Crippen MR) is 119 cm³/mol. The van der Waals surface area contributed by atoms with E-state index >= 15 is 0 Å². The topological polar surface area (TPSA) is 56.7 Å². The number of guanidine groups is 1. The summed E-state index contributed by atoms with van der Waals surface area (Å²) < 4.78 is 14.1. The molecule has 0 heterocycles. The summed E-state index contributed by atoms with van der Waals surface area (Å²) in [7, 11) is 0. The van der Waals surface area contributed by atoms with Crippen molar-refractivity contribution < 1.29 is 9.50 Å². The summed E-state index contributed by atoms with van der Waals surface area (Å²) in [6, 6.07) is 14.6. The minimum absolute atomic E-state index is 0. The lowest BCUT2D eigenvalue weighted by Gasteiger charge is -2.18. The fourth-order valence-electron chi connectivity index (χ4n) is 2.45. The van der Waals surface area contributed by atoms with Gasteiger partial charge >= 0.3 is 0 Å². The van der Waals surface area contributed by atoms with Crippen LogP contribution in [0.3, 0.4) is 0 Å². The molecule has 1 unspecified atom stereocenters. The van der Waals surface area contributed by atoms with Crippen LogP contribution < -0.4 is 10.6 Å². The molecule has 7 heteroatoms. The van der Waals surface area contributed by atoms with E-state index in [2.05, 4.69) is 31.6 Å². The number of aliphatic hydroxyl groups is 1. The van der Waals surface area contributed by atoms with Crippen molar-refractivity contribution in [2.24, 2.45) is 4.99 Å². The van der Waals surface area contributed by atoms with Gasteiger partial charge in [0.05, 0.1) is 13.2 Å². The zero-order chi connectivity index (χ0) is 18.1. The van der Waals surface area contributed by atoms with Crippen LogP contribution in [0.25, 0.3) is 0 Å². The highest BCUT2D eigenvalue weighted by molar-refractivity contribution is 14.0. The lowest BCUT2D eigenvalue weighted by atomic mass is 10.0. The molecule has 0 fully saturated rings. The molecule has 0 spiro atoms. The van der Waals surface area contributed by atoms with Crippen LogP contribution in [0.5, 0.6) is 0 Å². The summed E-state index contributed by atoms with van der Waals surface area (Å²) in [5.74, 6) is 0.326. The van der Waals surface area contributed by atoms with Crippen LogP contribution in [-0.4, -0.2) is 30.8 Å². The van der Waals surface area contributed by atoms with Gasteiger partial charge < -0.3 is 15.7 Å². The smallest absolute Gasteiger partial charge is 0.191 e. The van der Waals surface area contributed by atoms with Gasteiger partial charge in [0.1, 0.15) is 5.82 Å². The molecular weight excluding hydrogens is 512 g/mol. The van der Waals surface area contributed by atoms with Crippen molar-refractivity contribution >= 4 is 45.9 Å². The predicted octanol–water partition coefficient (Wildman–Crippen LogP) is 4.04. The molecule has 0 saturated heterocycles. The van der Waals surface area contributed by atoms with Gasteiger partial charge in [-0.05, 0) is 36.2 Å². The molecule has 2 aromatic rings. The second kappa shape index (κ2) is 12.2. The number of benzene rings is 2. The summed E-state index contributed by atoms with van der Waals surface area (Å²) in [6.07, 6.45) is 0. The molecule has 2 rings (SSSR count). The van der Waals surface area contributed by atoms with Crippen LogP contribution in [0.15, 0.2) is 58.0 Å². The van der Waals surface area contributed by atoms with Gasteiger partial charge in [-0.3, -0.25) is 0 Å². The van der Waals surface area contributed by atoms with E-state index in [0.29, 0.717) is 30.1 Å². The van der Waals surface area contributed by atoms with Crippen LogP contribution in [0.1, 0.15) is 24.0 Å². The van der Waals surface area contributed by atoms with Crippen LogP contribution in [-0.2, 0) is 6.54 Å². The normalized spacial score (nSPS) is 12.2. The number of rotatable bonds is 7. The van der Waals surface area contributed by atoms with Crippen molar-refractivity contribution in [1.29, 1.82) is 0 Å². The largest absolute Gasteiger partial charge is 0.396 e. The summed E-state index contributed by atoms with van der Waals surface area (Å²) >= 11 is 3.29. The summed E-state index contributed by atoms with van der Waals surface area (Å²) in [6.45, 7) is 3.66. The van der Waals surface area contributed by atoms with Crippen molar-refractivity contribution in [3.05, 3.63) is 69.9 Å². The molecule has 0 bridgehead atoms. The number of nitrogens with one attached hydrogen (secondary N) is 2. The number of halogens is 3. The minimum atomic E-state index is -0.290. The van der Waals surface area contributed by atoms with E-state index in [1.807, 2.05) is 43.3 Å². The highest BCUT2D eigenvalue weighted by Gasteiger charge is 2.10. The maximum absolute atomic E-state index is 13.5. The van der Waals surface area contributed by atoms with Crippen LogP contribution in [0.4, 0.5) is 4.39 Å². The molecule has 142 valence electrons. The Kier molecular flexibility index (Phi) is 10.8. The monoisotopic (exact) mass is 535 g/mol. The maximum Gasteiger partial charge on any atom is 0.191 e. The standard InChI is InChI=1S/C19H23BrFN3O.HI/c1-2-22-19(23-11-14-8-17(20)10-18(21)9-14)24-12-16(13-25)15-6-4-3-5-7-15;/h3-10,16,25H,2,11-13H2,1H3,(H2,22,23,24);1H. The van der Waals surface area contributed by atoms with Gasteiger partial charge in [-0.1, -0.05) is 46.3 Å². The lowest BCUT2D eigenvalue weighted by molar-refractivity contribution is 0.265. The number of nitrogens with zero attached hydrogens (tertiary/aromatic N) is 1. The van der Waals surface area contributed by atoms with Crippen molar-refractivity contribution in [2.45, 2.75) is 19.4 Å². The van der Waals surface area contributed by atoms with E-state index in [-0.39, 0.29) is 42.3 Å². The third-order valence-corrected chi connectivity index (χ3v) is 4.15. The molecule has 0 aromatic heterocycles. The second-order valence-electron chi connectivity index (χ2n) is 5.64. The van der Waals surface area contributed by atoms with Crippen molar-refractivity contribution in [3.8, 4) is 0 Å². The Hall–Kier alpha value is -1.19. The van der Waals surface area contributed by atoms with Crippen LogP contribution in [0, 0.1) is 5.82 Å². The molecule has 3 N–H and O–H groups in total. The first-order valence-electron chi connectivity index (χ1n) is 8.25. The van der Waals surface area contributed by atoms with Crippen molar-refractivity contribution in [3.63, 3.8) is 0 Å². The minimum Gasteiger partial charge on any atom is -0.396 e. The Bertz CT molecular complexity index is 680. The molecule has 4 nitrogen and oxygen atoms in total. The molecule has 1 atom stereocenters. The van der Waals surface area contributed by atoms with Crippen LogP contribution in [0.2, 0.25) is 0 Å². The summed E-state index contributed by atoms with van der Waals surface area (Å²) in [5, 5.41) is 16.1. The highest BCUT2D eigenvalue weighted by Crippen LogP contribution is 2.16. The van der Waals surface area contributed by atoms with Crippen molar-refractivity contribution in [1.82, 2.24) is 10.6 Å². The molecule has 0 aliphatic rings. The van der Waals surface area contributed by atoms with E-state index in [0.717, 1.165) is 11.1 Å². The summed E-state index contributed by atoms with van der Waals surface area (Å²) in [5.41, 5.74) is 1.85. The number of hydrogen-bond acceptors (Lipinski definition) is 2. The third-order valence-electron chi connectivity index (χ3n) is 3.69. The van der Waals surface area contributed by atoms with E-state index < -0.39 is 0 Å². The van der Waals surface area contributed by atoms with Gasteiger partial charge in [-0.2, -0.15) is 0 Å². The Labute approximate surface area is 179 Å². The fourth-order valence-corrected chi connectivity index (χ4v) is 2.96. The van der Waals surface area contributed by atoms with Gasteiger partial charge in [0.2, 0.25) is 0 Å². The quantitative estimate of drug-likeness (QED) is 0.285. The Balaban J connectivity index is 0.00000338. The molecule has 26 heavy (non-hydrogen) atoms. The van der Waals surface area contributed by atoms with Crippen LogP contribution >= 0.6 is 39.9 Å². The molecule has 2 aromatic carbocycles. The number of aliphatic imine (C=N–C) groups is 1. The van der Waals surface area contributed by atoms with E-state index in [1.54, 1.807) is 0 Å².